The molecule has 26 heavy (non-hydrogen) atoms. The van der Waals surface area contributed by atoms with Crippen molar-refractivity contribution in [3.63, 3.8) is 0 Å². The average Bonchev–Trinajstić information content (AvgIpc) is 2.59. The van der Waals surface area contributed by atoms with Gasteiger partial charge < -0.3 is 19.8 Å². The molecule has 0 amide bonds. The Labute approximate surface area is 191 Å². The van der Waals surface area contributed by atoms with Gasteiger partial charge in [0, 0.05) is 0 Å². The number of carboxylic acid groups (broad SMARTS) is 1. The molecule has 1 N–H and O–H groups in total. The van der Waals surface area contributed by atoms with Gasteiger partial charge in [0.05, 0.1) is 12.1 Å². The molecule has 150 valence electrons. The molecule has 0 aliphatic carbocycles. The summed E-state index contributed by atoms with van der Waals surface area (Å²) in [4.78, 5) is 19.4. The molecule has 0 aromatic carbocycles. The van der Waals surface area contributed by atoms with Crippen molar-refractivity contribution < 1.29 is 19.8 Å². The van der Waals surface area contributed by atoms with Gasteiger partial charge in [0.15, 0.2) is 0 Å². The average molecular weight is 397 g/mol. The van der Waals surface area contributed by atoms with E-state index in [-0.39, 0.29) is 37.7 Å². The fourth-order valence-corrected chi connectivity index (χ4v) is 2.57. The normalized spacial score (nSPS) is 11.0. The van der Waals surface area contributed by atoms with Gasteiger partial charge in [0.2, 0.25) is 0 Å². The van der Waals surface area contributed by atoms with Crippen molar-refractivity contribution in [2.75, 3.05) is 0 Å². The van der Waals surface area contributed by atoms with Crippen LogP contribution in [0.1, 0.15) is 117 Å². The van der Waals surface area contributed by atoms with E-state index in [1.165, 1.54) is 89.9 Å². The molecule has 0 fully saturated rings. The van der Waals surface area contributed by atoms with Crippen LogP contribution in [0.25, 0.3) is 0 Å². The smallest absolute Gasteiger partial charge is 0.547 e. The number of unbranched alkanes of at least 4 members (excludes halogenated alkanes) is 15. The van der Waals surface area contributed by atoms with E-state index in [1.807, 2.05) is 6.29 Å². The Balaban J connectivity index is -0.000000649. The Morgan fingerprint density at radius 2 is 1.08 bits per heavy atom. The summed E-state index contributed by atoms with van der Waals surface area (Å²) in [6.45, 7) is 3.41. The molecule has 0 aromatic rings. The van der Waals surface area contributed by atoms with Crippen LogP contribution in [0.4, 0.5) is 0 Å². The molecule has 5 heteroatoms. The summed E-state index contributed by atoms with van der Waals surface area (Å²) in [5.41, 5.74) is 0. The van der Waals surface area contributed by atoms with Crippen LogP contribution in [-0.4, -0.2) is 61.2 Å². The second kappa shape index (κ2) is 27.6. The minimum absolute atomic E-state index is 0. The number of carbonyl (C=O) groups is 1. The van der Waals surface area contributed by atoms with Crippen LogP contribution in [0.2, 0.25) is 0 Å². The Morgan fingerprint density at radius 1 is 0.808 bits per heavy atom. The van der Waals surface area contributed by atoms with Crippen LogP contribution in [0.3, 0.4) is 0 Å². The third-order valence-electron chi connectivity index (χ3n) is 4.22. The molecule has 0 spiro atoms. The van der Waals surface area contributed by atoms with E-state index in [2.05, 4.69) is 6.92 Å². The molecule has 0 aliphatic rings. The van der Waals surface area contributed by atoms with Crippen LogP contribution in [0.5, 0.6) is 0 Å². The quantitative estimate of drug-likeness (QED) is 0.228. The Kier molecular flexibility index (Phi) is 33.0. The SMILES string of the molecule is CC(O)C(=O)[O-].CCCCCCCCCCCCCCCCC[C-]=O.[Ca+2]. The first-order valence-electron chi connectivity index (χ1n) is 10.3. The van der Waals surface area contributed by atoms with E-state index < -0.39 is 12.1 Å². The Morgan fingerprint density at radius 3 is 1.31 bits per heavy atom. The van der Waals surface area contributed by atoms with Crippen LogP contribution in [0, 0.1) is 0 Å². The van der Waals surface area contributed by atoms with Gasteiger partial charge in [-0.05, 0) is 6.92 Å². The molecule has 0 saturated carbocycles. The van der Waals surface area contributed by atoms with Gasteiger partial charge in [-0.3, -0.25) is 6.29 Å². The maximum Gasteiger partial charge on any atom is 2.00 e. The van der Waals surface area contributed by atoms with Crippen LogP contribution >= 0.6 is 0 Å². The third kappa shape index (κ3) is 32.1. The largest absolute Gasteiger partial charge is 2.00 e. The van der Waals surface area contributed by atoms with Crippen molar-refractivity contribution in [3.8, 4) is 0 Å². The zero-order valence-electron chi connectivity index (χ0n) is 17.3. The van der Waals surface area contributed by atoms with Crippen LogP contribution < -0.4 is 5.11 Å². The first-order valence-corrected chi connectivity index (χ1v) is 10.3. The number of hydrogen-bond donors (Lipinski definition) is 1. The first kappa shape index (κ1) is 31.1. The van der Waals surface area contributed by atoms with Gasteiger partial charge >= 0.3 is 37.7 Å². The molecule has 0 radical (unpaired) electrons. The number of hydrogen-bond acceptors (Lipinski definition) is 4. The first-order chi connectivity index (χ1) is 12.1. The van der Waals surface area contributed by atoms with E-state index in [0.29, 0.717) is 6.42 Å². The molecule has 4 nitrogen and oxygen atoms in total. The van der Waals surface area contributed by atoms with Gasteiger partial charge in [0.25, 0.3) is 0 Å². The molecule has 0 heterocycles. The van der Waals surface area contributed by atoms with Gasteiger partial charge in [-0.25, -0.2) is 0 Å². The monoisotopic (exact) mass is 396 g/mol. The maximum atomic E-state index is 10.0. The van der Waals surface area contributed by atoms with Gasteiger partial charge in [-0.15, -0.1) is 0 Å². The van der Waals surface area contributed by atoms with Gasteiger partial charge in [0.1, 0.15) is 0 Å². The molecule has 0 aromatic heterocycles. The summed E-state index contributed by atoms with van der Waals surface area (Å²) >= 11 is 0. The second-order valence-electron chi connectivity index (χ2n) is 6.84. The van der Waals surface area contributed by atoms with E-state index >= 15 is 0 Å². The minimum atomic E-state index is -1.44. The summed E-state index contributed by atoms with van der Waals surface area (Å²) < 4.78 is 0. The fraction of sp³-hybridized carbons (Fsp3) is 0.905. The molecule has 1 unspecified atom stereocenters. The van der Waals surface area contributed by atoms with Crippen molar-refractivity contribution in [1.29, 1.82) is 0 Å². The summed E-state index contributed by atoms with van der Waals surface area (Å²) in [7, 11) is 0. The van der Waals surface area contributed by atoms with Crippen LogP contribution in [-0.2, 0) is 9.59 Å². The van der Waals surface area contributed by atoms with E-state index in [0.717, 1.165) is 13.3 Å². The van der Waals surface area contributed by atoms with E-state index in [4.69, 9.17) is 5.11 Å². The van der Waals surface area contributed by atoms with Crippen molar-refractivity contribution in [3.05, 3.63) is 0 Å². The fourth-order valence-electron chi connectivity index (χ4n) is 2.57. The number of aliphatic hydroxyl groups is 1. The van der Waals surface area contributed by atoms with E-state index in [1.54, 1.807) is 0 Å². The number of aliphatic carboxylic acids is 1. The molecule has 0 rings (SSSR count). The molecule has 0 saturated heterocycles. The standard InChI is InChI=1S/C18H35O.C3H6O3.Ca/c1-2-3-4-5-6-7-8-9-10-11-12-13-14-15-16-17-18-19;1-2(4)3(5)6;/h2-17H2,1H3;2,4H,1H3,(H,5,6);/q-1;;+2/p-1. The number of carboxylic acids is 1. The number of aliphatic hydroxyl groups excluding tert-OH is 1. The van der Waals surface area contributed by atoms with Gasteiger partial charge in [-0.2, -0.15) is 6.42 Å². The summed E-state index contributed by atoms with van der Waals surface area (Å²) in [5.74, 6) is -1.44. The predicted octanol–water partition coefficient (Wildman–Crippen LogP) is 4.09. The summed E-state index contributed by atoms with van der Waals surface area (Å²) in [6, 6.07) is 0. The topological polar surface area (TPSA) is 77.4 Å². The van der Waals surface area contributed by atoms with Crippen molar-refractivity contribution in [1.82, 2.24) is 0 Å². The number of carbonyl (C=O) groups excluding carboxylic acids is 2. The molecular formula is C21H40CaO4. The molecular weight excluding hydrogens is 356 g/mol. The van der Waals surface area contributed by atoms with Gasteiger partial charge in [-0.1, -0.05) is 103 Å². The third-order valence-corrected chi connectivity index (χ3v) is 4.22. The summed E-state index contributed by atoms with van der Waals surface area (Å²) in [5, 5.41) is 17.3. The van der Waals surface area contributed by atoms with Crippen molar-refractivity contribution in [2.24, 2.45) is 0 Å². The van der Waals surface area contributed by atoms with E-state index in [9.17, 15) is 14.7 Å². The van der Waals surface area contributed by atoms with Crippen molar-refractivity contribution in [2.45, 2.75) is 123 Å². The maximum absolute atomic E-state index is 10.0. The second-order valence-corrected chi connectivity index (χ2v) is 6.84. The van der Waals surface area contributed by atoms with Crippen LogP contribution in [0.15, 0.2) is 0 Å². The zero-order valence-corrected chi connectivity index (χ0v) is 19.5. The molecule has 1 atom stereocenters. The number of rotatable bonds is 17. The minimum Gasteiger partial charge on any atom is -0.547 e. The Bertz CT molecular complexity index is 283. The molecule has 0 aliphatic heterocycles. The predicted molar refractivity (Wildman–Crippen MR) is 108 cm³/mol. The molecule has 0 bridgehead atoms. The van der Waals surface area contributed by atoms with Crippen molar-refractivity contribution >= 4 is 50.0 Å². The zero-order chi connectivity index (χ0) is 19.2. The summed E-state index contributed by atoms with van der Waals surface area (Å²) in [6.07, 6.45) is 21.9. The Hall–Kier alpha value is 0.360.